The molecule has 216 valence electrons. The van der Waals surface area contributed by atoms with Crippen molar-refractivity contribution in [2.24, 2.45) is 0 Å². The second-order valence-corrected chi connectivity index (χ2v) is 12.0. The number of hydrogen-bond acceptors (Lipinski definition) is 8. The monoisotopic (exact) mass is 580 g/mol. The average Bonchev–Trinajstić information content (AvgIpc) is 2.90. The highest BCUT2D eigenvalue weighted by molar-refractivity contribution is 7.24. The molecule has 0 spiro atoms. The molecule has 0 aliphatic rings. The fourth-order valence-corrected chi connectivity index (χ4v) is 6.09. The summed E-state index contributed by atoms with van der Waals surface area (Å²) < 4.78 is 3.10. The summed E-state index contributed by atoms with van der Waals surface area (Å²) in [6.07, 6.45) is 0. The summed E-state index contributed by atoms with van der Waals surface area (Å²) in [6, 6.07) is 11.8. The number of quaternary nitrogens is 2. The molecule has 5 rings (SSSR count). The molecule has 41 heavy (non-hydrogen) atoms. The third-order valence-electron chi connectivity index (χ3n) is 6.83. The van der Waals surface area contributed by atoms with Crippen LogP contribution in [0.4, 0.5) is 5.69 Å². The van der Waals surface area contributed by atoms with Gasteiger partial charge < -0.3 is 20.1 Å². The molecular formula is C30H36N4O6S+2. The van der Waals surface area contributed by atoms with E-state index in [1.165, 1.54) is 11.3 Å². The van der Waals surface area contributed by atoms with E-state index in [9.17, 15) is 30.2 Å². The van der Waals surface area contributed by atoms with Crippen molar-refractivity contribution in [2.75, 3.05) is 53.1 Å². The summed E-state index contributed by atoms with van der Waals surface area (Å²) in [5, 5.41) is 47.0. The Labute approximate surface area is 240 Å². The molecule has 5 aromatic rings. The second-order valence-electron chi connectivity index (χ2n) is 10.9. The lowest BCUT2D eigenvalue weighted by Crippen LogP contribution is -2.39. The van der Waals surface area contributed by atoms with E-state index in [0.29, 0.717) is 37.4 Å². The molecule has 0 fully saturated rings. The Bertz CT molecular complexity index is 1900. The number of rotatable bonds is 7. The number of fused-ring (bicyclic) bond motifs is 5. The van der Waals surface area contributed by atoms with Gasteiger partial charge in [-0.25, -0.2) is 10.4 Å². The Kier molecular flexibility index (Phi) is 8.12. The third kappa shape index (κ3) is 5.76. The normalized spacial score (nSPS) is 12.1. The van der Waals surface area contributed by atoms with E-state index in [1.54, 1.807) is 28.2 Å². The van der Waals surface area contributed by atoms with Crippen molar-refractivity contribution < 1.29 is 29.9 Å². The van der Waals surface area contributed by atoms with E-state index in [4.69, 9.17) is 0 Å². The van der Waals surface area contributed by atoms with Gasteiger partial charge in [0.15, 0.2) is 10.9 Å². The first-order chi connectivity index (χ1) is 19.3. The Morgan fingerprint density at radius 1 is 0.805 bits per heavy atom. The molecule has 11 heteroatoms. The van der Waals surface area contributed by atoms with Crippen LogP contribution >= 0.6 is 11.3 Å². The molecule has 0 atom stereocenters. The molecule has 1 heterocycles. The van der Waals surface area contributed by atoms with Crippen LogP contribution in [0.2, 0.25) is 0 Å². The summed E-state index contributed by atoms with van der Waals surface area (Å²) >= 11 is 1.48. The van der Waals surface area contributed by atoms with E-state index in [1.807, 2.05) is 34.9 Å². The number of likely N-dealkylation sites (N-methyl/N-ethyl adjacent to an activating group) is 2. The van der Waals surface area contributed by atoms with Crippen LogP contribution in [0, 0.1) is 0 Å². The number of anilines is 1. The quantitative estimate of drug-likeness (QED) is 0.0480. The van der Waals surface area contributed by atoms with Gasteiger partial charge in [0.1, 0.15) is 24.6 Å². The van der Waals surface area contributed by atoms with Gasteiger partial charge in [0, 0.05) is 5.69 Å². The lowest BCUT2D eigenvalue weighted by atomic mass is 9.97. The number of phenolic OH excluding ortho intramolecular Hbond substituents is 2. The SMILES string of the molecule is C=C.C[N+](C)(O)CCNc1cc2sc3ccccc3n(CC[N+](C)(C)O)c2c2c(O)c3c(=O)ccc(=O)c3c(O)c12. The highest BCUT2D eigenvalue weighted by Gasteiger charge is 2.25. The average molecular weight is 581 g/mol. The van der Waals surface area contributed by atoms with Gasteiger partial charge in [0.2, 0.25) is 0 Å². The van der Waals surface area contributed by atoms with E-state index in [-0.39, 0.29) is 36.6 Å². The van der Waals surface area contributed by atoms with Crippen LogP contribution in [0.15, 0.2) is 65.2 Å². The summed E-state index contributed by atoms with van der Waals surface area (Å²) in [5.41, 5.74) is 0.717. The van der Waals surface area contributed by atoms with Crippen molar-refractivity contribution in [1.29, 1.82) is 0 Å². The van der Waals surface area contributed by atoms with E-state index < -0.39 is 16.6 Å². The minimum Gasteiger partial charge on any atom is -0.506 e. The van der Waals surface area contributed by atoms with Crippen molar-refractivity contribution in [3.8, 4) is 11.5 Å². The molecule has 10 nitrogen and oxygen atoms in total. The molecule has 0 saturated carbocycles. The zero-order chi connectivity index (χ0) is 30.3. The highest BCUT2D eigenvalue weighted by Crippen LogP contribution is 2.47. The molecule has 0 amide bonds. The molecule has 1 aromatic heterocycles. The van der Waals surface area contributed by atoms with Gasteiger partial charge in [-0.05, 0) is 30.3 Å². The first-order valence-corrected chi connectivity index (χ1v) is 13.8. The molecule has 0 aliphatic carbocycles. The number of benzene rings is 4. The number of hydroxylamine groups is 6. The van der Waals surface area contributed by atoms with Crippen LogP contribution in [0.3, 0.4) is 0 Å². The fraction of sp³-hybridized carbons (Fsp3) is 0.267. The Morgan fingerprint density at radius 3 is 1.95 bits per heavy atom. The van der Waals surface area contributed by atoms with Gasteiger partial charge in [-0.3, -0.25) is 9.59 Å². The predicted octanol–water partition coefficient (Wildman–Crippen LogP) is 4.44. The Hall–Kier alpha value is -4.00. The zero-order valence-electron chi connectivity index (χ0n) is 23.6. The van der Waals surface area contributed by atoms with Gasteiger partial charge in [-0.1, -0.05) is 12.1 Å². The lowest BCUT2D eigenvalue weighted by Gasteiger charge is -2.24. The maximum atomic E-state index is 12.9. The smallest absolute Gasteiger partial charge is 0.190 e. The largest absolute Gasteiger partial charge is 0.506 e. The molecule has 5 N–H and O–H groups in total. The minimum absolute atomic E-state index is 0.201. The number of nitrogens with one attached hydrogen (secondary N) is 1. The van der Waals surface area contributed by atoms with E-state index >= 15 is 0 Å². The molecule has 4 aromatic carbocycles. The minimum atomic E-state index is -0.577. The number of hydrogen-bond donors (Lipinski definition) is 5. The number of aromatic hydroxyl groups is 2. The van der Waals surface area contributed by atoms with E-state index in [0.717, 1.165) is 27.0 Å². The highest BCUT2D eigenvalue weighted by atomic mass is 32.1. The predicted molar refractivity (Wildman–Crippen MR) is 165 cm³/mol. The van der Waals surface area contributed by atoms with Crippen LogP contribution in [0.1, 0.15) is 0 Å². The van der Waals surface area contributed by atoms with E-state index in [2.05, 4.69) is 18.5 Å². The Morgan fingerprint density at radius 2 is 1.37 bits per heavy atom. The van der Waals surface area contributed by atoms with Crippen molar-refractivity contribution in [3.05, 3.63) is 76.1 Å². The summed E-state index contributed by atoms with van der Waals surface area (Å²) in [4.78, 5) is 25.7. The molecule has 0 radical (unpaired) electrons. The summed E-state index contributed by atoms with van der Waals surface area (Å²) in [6.45, 7) is 7.35. The zero-order valence-corrected chi connectivity index (χ0v) is 24.5. The van der Waals surface area contributed by atoms with Gasteiger partial charge in [0.05, 0.1) is 83.3 Å². The fourth-order valence-electron chi connectivity index (χ4n) is 4.94. The maximum absolute atomic E-state index is 12.9. The number of phenols is 2. The Balaban J connectivity index is 0.00000189. The van der Waals surface area contributed by atoms with Crippen LogP contribution in [0.5, 0.6) is 11.5 Å². The van der Waals surface area contributed by atoms with Crippen molar-refractivity contribution in [1.82, 2.24) is 4.57 Å². The summed E-state index contributed by atoms with van der Waals surface area (Å²) in [5.74, 6) is -0.785. The van der Waals surface area contributed by atoms with Gasteiger partial charge in [0.25, 0.3) is 0 Å². The van der Waals surface area contributed by atoms with Crippen molar-refractivity contribution >= 4 is 59.0 Å². The van der Waals surface area contributed by atoms with Crippen LogP contribution in [0.25, 0.3) is 42.0 Å². The van der Waals surface area contributed by atoms with Crippen LogP contribution in [-0.4, -0.2) is 82.3 Å². The molecule has 0 unspecified atom stereocenters. The lowest BCUT2D eigenvalue weighted by molar-refractivity contribution is -1.07. The molecule has 0 bridgehead atoms. The maximum Gasteiger partial charge on any atom is 0.190 e. The van der Waals surface area contributed by atoms with Gasteiger partial charge in [-0.2, -0.15) is 9.29 Å². The van der Waals surface area contributed by atoms with Gasteiger partial charge in [-0.15, -0.1) is 24.5 Å². The first kappa shape index (κ1) is 30.0. The molecular weight excluding hydrogens is 544 g/mol. The van der Waals surface area contributed by atoms with Crippen LogP contribution < -0.4 is 16.2 Å². The number of para-hydroxylation sites is 1. The van der Waals surface area contributed by atoms with Gasteiger partial charge >= 0.3 is 0 Å². The summed E-state index contributed by atoms with van der Waals surface area (Å²) in [7, 11) is 6.59. The third-order valence-corrected chi connectivity index (χ3v) is 7.93. The standard InChI is InChI=1S/C28H30N4O6S.C2H4/c1-31(2,37)13-11-29-16-15-21-26(30(12-14-32(3,4)38)17-7-5-6-8-20(17)39-21)25-22(16)27(35)23-18(33)9-10-19(34)24(23)28(25)36;1-2/h5-10,15,37-38H,11-14H2,1-4H3,(H-2,29,33,34,35,36);1-2H2/p+2. The number of nitrogens with zero attached hydrogens (tertiary/aromatic N) is 3. The topological polar surface area (TPSA) is 132 Å². The van der Waals surface area contributed by atoms with Crippen molar-refractivity contribution in [3.63, 3.8) is 0 Å². The molecule has 0 saturated heterocycles. The van der Waals surface area contributed by atoms with Crippen LogP contribution in [-0.2, 0) is 6.54 Å². The first-order valence-electron chi connectivity index (χ1n) is 13.0. The number of aromatic nitrogens is 1. The van der Waals surface area contributed by atoms with Crippen molar-refractivity contribution in [2.45, 2.75) is 6.54 Å². The second kappa shape index (κ2) is 11.1. The molecule has 0 aliphatic heterocycles.